The minimum atomic E-state index is 0.931. The number of benzene rings is 1. The summed E-state index contributed by atoms with van der Waals surface area (Å²) in [6.45, 7) is 0. The molecule has 1 aromatic heterocycles. The summed E-state index contributed by atoms with van der Waals surface area (Å²) in [5, 5.41) is 12.0. The summed E-state index contributed by atoms with van der Waals surface area (Å²) >= 11 is 0. The molecular weight excluding hydrogens is 190 g/mol. The maximum Gasteiger partial charge on any atom is 0.0938 e. The van der Waals surface area contributed by atoms with Crippen molar-refractivity contribution in [2.75, 3.05) is 5.12 Å². The molecule has 0 radical (unpaired) electrons. The normalized spacial score (nSPS) is 13.5. The van der Waals surface area contributed by atoms with Crippen LogP contribution < -0.4 is 21.2 Å². The minimum absolute atomic E-state index is 0.931. The van der Waals surface area contributed by atoms with Crippen LogP contribution in [0.4, 0.5) is 0 Å². The molecule has 0 fully saturated rings. The fourth-order valence-corrected chi connectivity index (χ4v) is 1.46. The van der Waals surface area contributed by atoms with Gasteiger partial charge in [-0.2, -0.15) is 25.6 Å². The third kappa shape index (κ3) is 1.34. The fourth-order valence-electron chi connectivity index (χ4n) is 1.46. The van der Waals surface area contributed by atoms with Gasteiger partial charge in [-0.15, -0.1) is 0 Å². The third-order valence-electron chi connectivity index (χ3n) is 2.18. The van der Waals surface area contributed by atoms with Crippen LogP contribution in [0.2, 0.25) is 0 Å². The standard InChI is InChI=1S/C10H9N5/c1-2-5-10-9(4-1)8-15(13-12-10)14-7-3-6-11-14/h1-8,13H. The first kappa shape index (κ1) is 8.05. The van der Waals surface area contributed by atoms with Crippen LogP contribution in [0.3, 0.4) is 0 Å². The molecule has 15 heavy (non-hydrogen) atoms. The highest BCUT2D eigenvalue weighted by atomic mass is 15.9. The number of hydrogen-bond acceptors (Lipinski definition) is 4. The molecule has 0 amide bonds. The van der Waals surface area contributed by atoms with Crippen molar-refractivity contribution >= 4 is 6.20 Å². The molecule has 0 aliphatic carbocycles. The van der Waals surface area contributed by atoms with Crippen LogP contribution in [0, 0.1) is 0 Å². The summed E-state index contributed by atoms with van der Waals surface area (Å²) in [5.74, 6) is 0. The highest BCUT2D eigenvalue weighted by Gasteiger charge is 2.03. The number of nitrogens with zero attached hydrogens (tertiary/aromatic N) is 4. The molecule has 0 unspecified atom stereocenters. The molecule has 0 saturated carbocycles. The molecule has 1 aliphatic rings. The van der Waals surface area contributed by atoms with Crippen molar-refractivity contribution in [2.45, 2.75) is 0 Å². The zero-order valence-electron chi connectivity index (χ0n) is 7.91. The van der Waals surface area contributed by atoms with Crippen molar-refractivity contribution in [1.29, 1.82) is 0 Å². The molecule has 0 saturated heterocycles. The summed E-state index contributed by atoms with van der Waals surface area (Å²) in [6.07, 6.45) is 5.50. The number of hydrogen-bond donors (Lipinski definition) is 1. The van der Waals surface area contributed by atoms with Gasteiger partial charge in [-0.25, -0.2) is 0 Å². The quantitative estimate of drug-likeness (QED) is 0.661. The lowest BCUT2D eigenvalue weighted by atomic mass is 10.3. The summed E-state index contributed by atoms with van der Waals surface area (Å²) < 4.78 is 0. The Hall–Kier alpha value is -2.30. The summed E-state index contributed by atoms with van der Waals surface area (Å²) in [7, 11) is 0. The molecule has 3 rings (SSSR count). The van der Waals surface area contributed by atoms with Gasteiger partial charge in [0, 0.05) is 5.22 Å². The fraction of sp³-hybridized carbons (Fsp3) is 0. The second kappa shape index (κ2) is 3.13. The van der Waals surface area contributed by atoms with Crippen LogP contribution in [0.25, 0.3) is 6.20 Å². The minimum Gasteiger partial charge on any atom is -0.197 e. The molecule has 1 aromatic carbocycles. The van der Waals surface area contributed by atoms with E-state index >= 15 is 0 Å². The van der Waals surface area contributed by atoms with Crippen molar-refractivity contribution in [3.8, 4) is 0 Å². The number of hydrazine groups is 1. The molecule has 74 valence electrons. The SMILES string of the molecule is C1=c2ccccc2=NNN1n1cccn1. The van der Waals surface area contributed by atoms with Gasteiger partial charge in [0.2, 0.25) is 0 Å². The van der Waals surface area contributed by atoms with Gasteiger partial charge in [0.05, 0.1) is 24.0 Å². The van der Waals surface area contributed by atoms with E-state index in [1.165, 1.54) is 0 Å². The van der Waals surface area contributed by atoms with E-state index in [1.807, 2.05) is 42.7 Å². The van der Waals surface area contributed by atoms with Gasteiger partial charge < -0.3 is 0 Å². The molecule has 2 aromatic rings. The van der Waals surface area contributed by atoms with Crippen LogP contribution in [0.1, 0.15) is 0 Å². The number of rotatable bonds is 1. The number of nitrogens with one attached hydrogen (secondary N) is 1. The molecule has 0 atom stereocenters. The Morgan fingerprint density at radius 2 is 2.07 bits per heavy atom. The Morgan fingerprint density at radius 1 is 1.13 bits per heavy atom. The first-order chi connectivity index (χ1) is 7.43. The first-order valence-electron chi connectivity index (χ1n) is 4.63. The predicted molar refractivity (Wildman–Crippen MR) is 55.3 cm³/mol. The van der Waals surface area contributed by atoms with E-state index in [-0.39, 0.29) is 0 Å². The Morgan fingerprint density at radius 3 is 2.93 bits per heavy atom. The third-order valence-corrected chi connectivity index (χ3v) is 2.18. The highest BCUT2D eigenvalue weighted by Crippen LogP contribution is 1.88. The lowest BCUT2D eigenvalue weighted by Crippen LogP contribution is -2.48. The van der Waals surface area contributed by atoms with Crippen LogP contribution in [0.5, 0.6) is 0 Å². The Labute approximate surface area is 85.9 Å². The zero-order chi connectivity index (χ0) is 10.1. The van der Waals surface area contributed by atoms with Gasteiger partial charge in [-0.1, -0.05) is 18.2 Å². The molecule has 5 nitrogen and oxygen atoms in total. The lowest BCUT2D eigenvalue weighted by Gasteiger charge is -2.20. The molecule has 0 spiro atoms. The average Bonchev–Trinajstić information content (AvgIpc) is 2.82. The second-order valence-corrected chi connectivity index (χ2v) is 3.17. The molecule has 0 bridgehead atoms. The molecule has 1 N–H and O–H groups in total. The van der Waals surface area contributed by atoms with Crippen molar-refractivity contribution in [1.82, 2.24) is 15.4 Å². The molecular formula is C10H9N5. The van der Waals surface area contributed by atoms with Gasteiger partial charge in [-0.05, 0) is 12.1 Å². The molecule has 2 heterocycles. The van der Waals surface area contributed by atoms with Crippen LogP contribution >= 0.6 is 0 Å². The maximum absolute atomic E-state index is 4.21. The van der Waals surface area contributed by atoms with E-state index in [0.717, 1.165) is 10.6 Å². The Kier molecular flexibility index (Phi) is 1.68. The van der Waals surface area contributed by atoms with Crippen LogP contribution in [-0.2, 0) is 0 Å². The van der Waals surface area contributed by atoms with Crippen molar-refractivity contribution in [3.05, 3.63) is 53.3 Å². The maximum atomic E-state index is 4.21. The predicted octanol–water partition coefficient (Wildman–Crippen LogP) is -0.688. The van der Waals surface area contributed by atoms with Gasteiger partial charge >= 0.3 is 0 Å². The highest BCUT2D eigenvalue weighted by molar-refractivity contribution is 5.32. The van der Waals surface area contributed by atoms with Crippen molar-refractivity contribution in [3.63, 3.8) is 0 Å². The monoisotopic (exact) mass is 199 g/mol. The lowest BCUT2D eigenvalue weighted by molar-refractivity contribution is 0.526. The summed E-state index contributed by atoms with van der Waals surface area (Å²) in [4.78, 5) is 1.67. The van der Waals surface area contributed by atoms with Crippen LogP contribution in [0.15, 0.2) is 47.8 Å². The van der Waals surface area contributed by atoms with Gasteiger partial charge in [0.25, 0.3) is 0 Å². The zero-order valence-corrected chi connectivity index (χ0v) is 7.91. The van der Waals surface area contributed by atoms with Crippen molar-refractivity contribution in [2.24, 2.45) is 5.10 Å². The summed E-state index contributed by atoms with van der Waals surface area (Å²) in [6, 6.07) is 9.77. The van der Waals surface area contributed by atoms with Gasteiger partial charge in [0.1, 0.15) is 0 Å². The summed E-state index contributed by atoms with van der Waals surface area (Å²) in [5.41, 5.74) is 2.88. The number of fused-ring (bicyclic) bond motifs is 1. The van der Waals surface area contributed by atoms with E-state index < -0.39 is 0 Å². The molecule has 1 aliphatic heterocycles. The Bertz CT molecular complexity index is 572. The number of aromatic nitrogens is 2. The van der Waals surface area contributed by atoms with Gasteiger partial charge in [-0.3, -0.25) is 0 Å². The van der Waals surface area contributed by atoms with E-state index in [9.17, 15) is 0 Å². The van der Waals surface area contributed by atoms with Gasteiger partial charge in [0.15, 0.2) is 0 Å². The Balaban J connectivity index is 2.11. The van der Waals surface area contributed by atoms with E-state index in [0.29, 0.717) is 0 Å². The van der Waals surface area contributed by atoms with Crippen LogP contribution in [-0.4, -0.2) is 9.89 Å². The first-order valence-corrected chi connectivity index (χ1v) is 4.63. The molecule has 5 heteroatoms. The topological polar surface area (TPSA) is 45.5 Å². The second-order valence-electron chi connectivity index (χ2n) is 3.17. The average molecular weight is 199 g/mol. The number of para-hydroxylation sites is 1. The van der Waals surface area contributed by atoms with E-state index in [4.69, 9.17) is 0 Å². The largest absolute Gasteiger partial charge is 0.197 e. The van der Waals surface area contributed by atoms with E-state index in [2.05, 4.69) is 15.7 Å². The smallest absolute Gasteiger partial charge is 0.0938 e. The van der Waals surface area contributed by atoms with E-state index in [1.54, 1.807) is 16.1 Å². The van der Waals surface area contributed by atoms with Crippen molar-refractivity contribution < 1.29 is 0 Å².